The molecule has 3 rings (SSSR count). The van der Waals surface area contributed by atoms with Crippen molar-refractivity contribution in [3.63, 3.8) is 0 Å². The normalized spacial score (nSPS) is 11.7. The number of methoxy groups -OCH3 is 1. The number of hydrogen-bond acceptors (Lipinski definition) is 4. The molecule has 0 aliphatic carbocycles. The Balaban J connectivity index is 0.00000136. The topological polar surface area (TPSA) is 30.5 Å². The van der Waals surface area contributed by atoms with Crippen LogP contribution in [0, 0.1) is 0 Å². The Labute approximate surface area is 173 Å². The fourth-order valence-electron chi connectivity index (χ4n) is 3.07. The van der Waals surface area contributed by atoms with Gasteiger partial charge in [0, 0.05) is 18.7 Å². The average Bonchev–Trinajstić information content (AvgIpc) is 3.27. The van der Waals surface area contributed by atoms with Crippen molar-refractivity contribution < 1.29 is 9.47 Å². The van der Waals surface area contributed by atoms with Crippen LogP contribution in [0.25, 0.3) is 21.9 Å². The van der Waals surface area contributed by atoms with Crippen LogP contribution in [0.5, 0.6) is 5.75 Å². The van der Waals surface area contributed by atoms with Crippen LogP contribution in [0.4, 0.5) is 0 Å². The van der Waals surface area contributed by atoms with Gasteiger partial charge in [0.1, 0.15) is 12.4 Å². The highest BCUT2D eigenvalue weighted by atomic mass is 32.1. The van der Waals surface area contributed by atoms with Crippen LogP contribution in [-0.4, -0.2) is 26.9 Å². The molecule has 0 aliphatic heterocycles. The van der Waals surface area contributed by atoms with E-state index in [4.69, 9.17) is 9.47 Å². The SMILES string of the molecule is C=C.CCCNC(C)c1cc2cc(-c3ccsc3)ccc2cc1OCCOC. The molecule has 0 fully saturated rings. The molecule has 1 aromatic heterocycles. The predicted octanol–water partition coefficient (Wildman–Crippen LogP) is 6.46. The third-order valence-corrected chi connectivity index (χ3v) is 5.22. The summed E-state index contributed by atoms with van der Waals surface area (Å²) >= 11 is 1.73. The minimum absolute atomic E-state index is 0.238. The molecule has 0 aliphatic rings. The molecule has 0 bridgehead atoms. The summed E-state index contributed by atoms with van der Waals surface area (Å²) in [6.07, 6.45) is 1.11. The summed E-state index contributed by atoms with van der Waals surface area (Å²) in [5, 5.41) is 10.3. The van der Waals surface area contributed by atoms with Gasteiger partial charge in [-0.2, -0.15) is 11.3 Å². The van der Waals surface area contributed by atoms with Gasteiger partial charge < -0.3 is 14.8 Å². The fraction of sp³-hybridized carbons (Fsp3) is 0.333. The zero-order valence-electron chi connectivity index (χ0n) is 17.2. The first kappa shape index (κ1) is 22.2. The third kappa shape index (κ3) is 5.68. The van der Waals surface area contributed by atoms with Gasteiger partial charge in [-0.05, 0) is 76.8 Å². The lowest BCUT2D eigenvalue weighted by atomic mass is 9.98. The van der Waals surface area contributed by atoms with Crippen molar-refractivity contribution in [2.24, 2.45) is 0 Å². The van der Waals surface area contributed by atoms with Gasteiger partial charge >= 0.3 is 0 Å². The minimum Gasteiger partial charge on any atom is -0.491 e. The number of fused-ring (bicyclic) bond motifs is 1. The van der Waals surface area contributed by atoms with E-state index in [1.54, 1.807) is 18.4 Å². The zero-order chi connectivity index (χ0) is 20.4. The predicted molar refractivity (Wildman–Crippen MR) is 123 cm³/mol. The number of benzene rings is 2. The van der Waals surface area contributed by atoms with Crippen molar-refractivity contribution in [2.45, 2.75) is 26.3 Å². The fourth-order valence-corrected chi connectivity index (χ4v) is 3.74. The largest absolute Gasteiger partial charge is 0.491 e. The maximum Gasteiger partial charge on any atom is 0.124 e. The van der Waals surface area contributed by atoms with Gasteiger partial charge in [-0.15, -0.1) is 13.2 Å². The zero-order valence-corrected chi connectivity index (χ0v) is 18.0. The Morgan fingerprint density at radius 2 is 1.86 bits per heavy atom. The molecule has 0 saturated heterocycles. The van der Waals surface area contributed by atoms with Gasteiger partial charge in [-0.25, -0.2) is 0 Å². The number of rotatable bonds is 9. The maximum absolute atomic E-state index is 6.03. The van der Waals surface area contributed by atoms with Crippen LogP contribution < -0.4 is 10.1 Å². The van der Waals surface area contributed by atoms with Crippen LogP contribution in [0.3, 0.4) is 0 Å². The second kappa shape index (κ2) is 11.6. The van der Waals surface area contributed by atoms with Crippen molar-refractivity contribution in [3.8, 4) is 16.9 Å². The Morgan fingerprint density at radius 1 is 1.04 bits per heavy atom. The first-order valence-electron chi connectivity index (χ1n) is 9.68. The van der Waals surface area contributed by atoms with Crippen molar-refractivity contribution in [2.75, 3.05) is 26.9 Å². The Kier molecular flexibility index (Phi) is 9.21. The van der Waals surface area contributed by atoms with E-state index >= 15 is 0 Å². The van der Waals surface area contributed by atoms with E-state index in [0.717, 1.165) is 18.7 Å². The van der Waals surface area contributed by atoms with E-state index in [0.29, 0.717) is 13.2 Å². The second-order valence-corrected chi connectivity index (χ2v) is 7.26. The summed E-state index contributed by atoms with van der Waals surface area (Å²) < 4.78 is 11.2. The number of ether oxygens (including phenoxy) is 2. The van der Waals surface area contributed by atoms with E-state index in [9.17, 15) is 0 Å². The molecule has 1 atom stereocenters. The van der Waals surface area contributed by atoms with Gasteiger partial charge in [0.2, 0.25) is 0 Å². The Hall–Kier alpha value is -2.14. The molecule has 0 saturated carbocycles. The second-order valence-electron chi connectivity index (χ2n) is 6.48. The van der Waals surface area contributed by atoms with Crippen molar-refractivity contribution >= 4 is 22.1 Å². The summed E-state index contributed by atoms with van der Waals surface area (Å²) in [7, 11) is 1.70. The van der Waals surface area contributed by atoms with E-state index in [1.807, 2.05) is 0 Å². The smallest absolute Gasteiger partial charge is 0.124 e. The lowest BCUT2D eigenvalue weighted by Crippen LogP contribution is -2.20. The number of thiophene rings is 1. The molecule has 0 radical (unpaired) electrons. The first-order chi connectivity index (χ1) is 13.7. The summed E-state index contributed by atoms with van der Waals surface area (Å²) in [6.45, 7) is 12.5. The highest BCUT2D eigenvalue weighted by Crippen LogP contribution is 2.33. The standard InChI is InChI=1S/C22H27NO2S.C2H4/c1-4-8-23-16(2)21-13-20-12-17(19-7-11-26-15-19)5-6-18(20)14-22(21)25-10-9-24-3;1-2/h5-7,11-16,23H,4,8-10H2,1-3H3;1-2H2. The van der Waals surface area contributed by atoms with Crippen LogP contribution >= 0.6 is 11.3 Å². The molecule has 4 heteroatoms. The van der Waals surface area contributed by atoms with E-state index in [1.165, 1.54) is 27.5 Å². The highest BCUT2D eigenvalue weighted by Gasteiger charge is 2.13. The van der Waals surface area contributed by atoms with Gasteiger partial charge in [0.15, 0.2) is 0 Å². The molecule has 0 spiro atoms. The molecule has 3 nitrogen and oxygen atoms in total. The van der Waals surface area contributed by atoms with E-state index < -0.39 is 0 Å². The summed E-state index contributed by atoms with van der Waals surface area (Å²) in [6, 6.07) is 13.5. The summed E-state index contributed by atoms with van der Waals surface area (Å²) in [5.41, 5.74) is 3.73. The van der Waals surface area contributed by atoms with Crippen LogP contribution in [0.15, 0.2) is 60.3 Å². The Bertz CT molecular complexity index is 845. The third-order valence-electron chi connectivity index (χ3n) is 4.54. The molecular formula is C24H31NO2S. The molecule has 0 amide bonds. The molecule has 1 N–H and O–H groups in total. The van der Waals surface area contributed by atoms with Crippen LogP contribution in [-0.2, 0) is 4.74 Å². The van der Waals surface area contributed by atoms with Gasteiger partial charge in [0.05, 0.1) is 6.61 Å². The molecule has 1 unspecified atom stereocenters. The minimum atomic E-state index is 0.238. The Morgan fingerprint density at radius 3 is 2.54 bits per heavy atom. The van der Waals surface area contributed by atoms with Crippen molar-refractivity contribution in [1.29, 1.82) is 0 Å². The molecule has 150 valence electrons. The average molecular weight is 398 g/mol. The monoisotopic (exact) mass is 397 g/mol. The quantitative estimate of drug-likeness (QED) is 0.332. The molecular weight excluding hydrogens is 366 g/mol. The lowest BCUT2D eigenvalue weighted by Gasteiger charge is -2.19. The maximum atomic E-state index is 6.03. The highest BCUT2D eigenvalue weighted by molar-refractivity contribution is 7.08. The summed E-state index contributed by atoms with van der Waals surface area (Å²) in [4.78, 5) is 0. The first-order valence-corrected chi connectivity index (χ1v) is 10.6. The van der Waals surface area contributed by atoms with E-state index in [2.05, 4.69) is 79.5 Å². The van der Waals surface area contributed by atoms with Crippen molar-refractivity contribution in [3.05, 3.63) is 65.9 Å². The van der Waals surface area contributed by atoms with Gasteiger partial charge in [-0.3, -0.25) is 0 Å². The van der Waals surface area contributed by atoms with E-state index in [-0.39, 0.29) is 6.04 Å². The van der Waals surface area contributed by atoms with Crippen LogP contribution in [0.2, 0.25) is 0 Å². The number of hydrogen-bond donors (Lipinski definition) is 1. The van der Waals surface area contributed by atoms with Gasteiger partial charge in [0.25, 0.3) is 0 Å². The van der Waals surface area contributed by atoms with Crippen LogP contribution in [0.1, 0.15) is 31.9 Å². The molecule has 28 heavy (non-hydrogen) atoms. The molecule has 2 aromatic carbocycles. The lowest BCUT2D eigenvalue weighted by molar-refractivity contribution is 0.145. The van der Waals surface area contributed by atoms with Gasteiger partial charge in [-0.1, -0.05) is 19.1 Å². The molecule has 1 heterocycles. The summed E-state index contributed by atoms with van der Waals surface area (Å²) in [5.74, 6) is 0.939. The number of nitrogens with one attached hydrogen (secondary N) is 1. The van der Waals surface area contributed by atoms with Crippen molar-refractivity contribution in [1.82, 2.24) is 5.32 Å². The molecule has 3 aromatic rings.